The number of fused-ring (bicyclic) bond motifs is 1. The summed E-state index contributed by atoms with van der Waals surface area (Å²) < 4.78 is 5.59. The molecule has 1 saturated heterocycles. The van der Waals surface area contributed by atoms with E-state index in [1.807, 2.05) is 13.8 Å². The van der Waals surface area contributed by atoms with Crippen LogP contribution in [0.4, 0.5) is 0 Å². The number of thiophene rings is 1. The lowest BCUT2D eigenvalue weighted by Gasteiger charge is -2.32. The molecule has 0 bridgehead atoms. The first-order valence-corrected chi connectivity index (χ1v) is 9.65. The van der Waals surface area contributed by atoms with Crippen LogP contribution >= 0.6 is 11.3 Å². The summed E-state index contributed by atoms with van der Waals surface area (Å²) in [7, 11) is 0. The number of hydrogen-bond acceptors (Lipinski definition) is 5. The molecule has 3 rings (SSSR count). The predicted octanol–water partition coefficient (Wildman–Crippen LogP) is 1.73. The molecule has 25 heavy (non-hydrogen) atoms. The van der Waals surface area contributed by atoms with Crippen molar-refractivity contribution in [1.29, 1.82) is 0 Å². The first-order valence-electron chi connectivity index (χ1n) is 8.77. The molecule has 0 radical (unpaired) electrons. The summed E-state index contributed by atoms with van der Waals surface area (Å²) in [6.07, 6.45) is 0.885. The third-order valence-corrected chi connectivity index (χ3v) is 5.83. The molecular formula is C18H24N2O4S. The van der Waals surface area contributed by atoms with E-state index in [4.69, 9.17) is 4.74 Å². The molecular weight excluding hydrogens is 340 g/mol. The van der Waals surface area contributed by atoms with Crippen molar-refractivity contribution < 1.29 is 19.1 Å². The summed E-state index contributed by atoms with van der Waals surface area (Å²) in [5.41, 5.74) is 1.19. The Kier molecular flexibility index (Phi) is 5.42. The van der Waals surface area contributed by atoms with Crippen molar-refractivity contribution >= 4 is 29.1 Å². The highest BCUT2D eigenvalue weighted by Gasteiger charge is 2.35. The zero-order chi connectivity index (χ0) is 18.0. The van der Waals surface area contributed by atoms with Crippen molar-refractivity contribution in [2.24, 2.45) is 11.8 Å². The highest BCUT2D eigenvalue weighted by molar-refractivity contribution is 7.10. The van der Waals surface area contributed by atoms with Gasteiger partial charge < -0.3 is 15.0 Å². The van der Waals surface area contributed by atoms with Crippen molar-refractivity contribution in [1.82, 2.24) is 10.2 Å². The number of esters is 1. The van der Waals surface area contributed by atoms with Crippen LogP contribution in [0.25, 0.3) is 0 Å². The number of piperidine rings is 1. The molecule has 0 spiro atoms. The van der Waals surface area contributed by atoms with Crippen LogP contribution in [0.3, 0.4) is 0 Å². The van der Waals surface area contributed by atoms with Gasteiger partial charge in [-0.15, -0.1) is 11.3 Å². The third kappa shape index (κ3) is 4.03. The van der Waals surface area contributed by atoms with Crippen molar-refractivity contribution in [3.8, 4) is 0 Å². The van der Waals surface area contributed by atoms with Gasteiger partial charge in [0.05, 0.1) is 5.92 Å². The molecule has 136 valence electrons. The van der Waals surface area contributed by atoms with Gasteiger partial charge in [-0.25, -0.2) is 0 Å². The molecule has 2 atom stereocenters. The van der Waals surface area contributed by atoms with Crippen LogP contribution in [0.2, 0.25) is 0 Å². The van der Waals surface area contributed by atoms with Gasteiger partial charge in [-0.05, 0) is 35.8 Å². The summed E-state index contributed by atoms with van der Waals surface area (Å²) in [5, 5.41) is 4.73. The minimum absolute atomic E-state index is 0.0413. The Labute approximate surface area is 151 Å². The maximum Gasteiger partial charge on any atom is 0.311 e. The van der Waals surface area contributed by atoms with Gasteiger partial charge in [-0.1, -0.05) is 13.8 Å². The third-order valence-electron chi connectivity index (χ3n) is 4.81. The van der Waals surface area contributed by atoms with Crippen molar-refractivity contribution in [2.45, 2.75) is 45.8 Å². The van der Waals surface area contributed by atoms with Crippen molar-refractivity contribution in [3.05, 3.63) is 21.9 Å². The lowest BCUT2D eigenvalue weighted by molar-refractivity contribution is -0.167. The Morgan fingerprint density at radius 2 is 2.16 bits per heavy atom. The minimum Gasteiger partial charge on any atom is -0.452 e. The Balaban J connectivity index is 1.63. The van der Waals surface area contributed by atoms with Gasteiger partial charge in [0.1, 0.15) is 0 Å². The molecule has 1 fully saturated rings. The van der Waals surface area contributed by atoms with Gasteiger partial charge in [-0.2, -0.15) is 0 Å². The first-order chi connectivity index (χ1) is 12.0. The van der Waals surface area contributed by atoms with Crippen LogP contribution in [0.15, 0.2) is 11.4 Å². The van der Waals surface area contributed by atoms with Crippen molar-refractivity contribution in [2.75, 3.05) is 13.1 Å². The topological polar surface area (TPSA) is 75.7 Å². The number of nitrogens with zero attached hydrogens (tertiary/aromatic N) is 1. The largest absolute Gasteiger partial charge is 0.452 e. The minimum atomic E-state index is -0.773. The quantitative estimate of drug-likeness (QED) is 0.826. The summed E-state index contributed by atoms with van der Waals surface area (Å²) in [6, 6.07) is 2.06. The van der Waals surface area contributed by atoms with Crippen LogP contribution in [0, 0.1) is 11.8 Å². The molecule has 0 aromatic carbocycles. The van der Waals surface area contributed by atoms with Gasteiger partial charge in [0.15, 0.2) is 6.10 Å². The molecule has 0 aliphatic carbocycles. The van der Waals surface area contributed by atoms with Gasteiger partial charge in [0, 0.05) is 30.9 Å². The summed E-state index contributed by atoms with van der Waals surface area (Å²) >= 11 is 1.73. The van der Waals surface area contributed by atoms with E-state index in [1.54, 1.807) is 16.2 Å². The fourth-order valence-electron chi connectivity index (χ4n) is 3.24. The summed E-state index contributed by atoms with van der Waals surface area (Å²) in [6.45, 7) is 5.31. The van der Waals surface area contributed by atoms with Gasteiger partial charge in [0.2, 0.25) is 5.91 Å². The SMILES string of the molecule is CC(C)[C@@H](OC(=O)[C@@H]1CCC(=O)NC1)C(=O)N1CCc2sccc2C1. The number of amides is 2. The van der Waals surface area contributed by atoms with E-state index >= 15 is 0 Å². The second-order valence-electron chi connectivity index (χ2n) is 7.02. The van der Waals surface area contributed by atoms with Crippen LogP contribution in [0.1, 0.15) is 37.1 Å². The second-order valence-corrected chi connectivity index (χ2v) is 8.02. The molecule has 0 unspecified atom stereocenters. The van der Waals surface area contributed by atoms with E-state index in [0.717, 1.165) is 6.42 Å². The van der Waals surface area contributed by atoms with Crippen LogP contribution in [-0.2, 0) is 32.1 Å². The van der Waals surface area contributed by atoms with Crippen molar-refractivity contribution in [3.63, 3.8) is 0 Å². The highest BCUT2D eigenvalue weighted by Crippen LogP contribution is 2.26. The average Bonchev–Trinajstić information content (AvgIpc) is 3.06. The summed E-state index contributed by atoms with van der Waals surface area (Å²) in [5.74, 6) is -1.02. The van der Waals surface area contributed by atoms with E-state index < -0.39 is 6.10 Å². The molecule has 6 nitrogen and oxygen atoms in total. The fourth-order valence-corrected chi connectivity index (χ4v) is 4.13. The standard InChI is InChI=1S/C18H24N2O4S/c1-11(2)16(24-18(23)12-3-4-15(21)19-9-12)17(22)20-7-5-14-13(10-20)6-8-25-14/h6,8,11-12,16H,3-5,7,9-10H2,1-2H3,(H,19,21)/t12-,16-/m1/s1. The molecule has 3 heterocycles. The number of rotatable bonds is 4. The fraction of sp³-hybridized carbons (Fsp3) is 0.611. The monoisotopic (exact) mass is 364 g/mol. The normalized spacial score (nSPS) is 21.5. The van der Waals surface area contributed by atoms with Crippen LogP contribution < -0.4 is 5.32 Å². The number of nitrogens with one attached hydrogen (secondary N) is 1. The number of ether oxygens (including phenoxy) is 1. The van der Waals surface area contributed by atoms with E-state index in [9.17, 15) is 14.4 Å². The second kappa shape index (κ2) is 7.56. The first kappa shape index (κ1) is 17.9. The molecule has 0 saturated carbocycles. The lowest BCUT2D eigenvalue weighted by atomic mass is 9.98. The summed E-state index contributed by atoms with van der Waals surface area (Å²) in [4.78, 5) is 39.7. The number of hydrogen-bond donors (Lipinski definition) is 1. The Morgan fingerprint density at radius 3 is 2.84 bits per heavy atom. The Bertz CT molecular complexity index is 660. The maximum absolute atomic E-state index is 12.9. The van der Waals surface area contributed by atoms with Gasteiger partial charge in [-0.3, -0.25) is 14.4 Å². The maximum atomic E-state index is 12.9. The number of carbonyl (C=O) groups excluding carboxylic acids is 3. The van der Waals surface area contributed by atoms with E-state index in [1.165, 1.54) is 10.4 Å². The molecule has 1 N–H and O–H groups in total. The van der Waals surface area contributed by atoms with Gasteiger partial charge in [0.25, 0.3) is 5.91 Å². The molecule has 2 amide bonds. The van der Waals surface area contributed by atoms with E-state index in [-0.39, 0.29) is 29.6 Å². The Morgan fingerprint density at radius 1 is 1.36 bits per heavy atom. The van der Waals surface area contributed by atoms with Crippen LogP contribution in [0.5, 0.6) is 0 Å². The molecule has 1 aromatic rings. The van der Waals surface area contributed by atoms with E-state index in [2.05, 4.69) is 16.8 Å². The average molecular weight is 364 g/mol. The van der Waals surface area contributed by atoms with Gasteiger partial charge >= 0.3 is 5.97 Å². The molecule has 1 aromatic heterocycles. The zero-order valence-electron chi connectivity index (χ0n) is 14.6. The predicted molar refractivity (Wildman–Crippen MR) is 93.9 cm³/mol. The molecule has 2 aliphatic heterocycles. The van der Waals surface area contributed by atoms with Crippen LogP contribution in [-0.4, -0.2) is 41.9 Å². The lowest BCUT2D eigenvalue weighted by Crippen LogP contribution is -2.47. The smallest absolute Gasteiger partial charge is 0.311 e. The molecule has 7 heteroatoms. The zero-order valence-corrected chi connectivity index (χ0v) is 15.4. The highest BCUT2D eigenvalue weighted by atomic mass is 32.1. The Hall–Kier alpha value is -1.89. The number of carbonyl (C=O) groups is 3. The van der Waals surface area contributed by atoms with E-state index in [0.29, 0.717) is 32.5 Å². The molecule has 2 aliphatic rings.